The summed E-state index contributed by atoms with van der Waals surface area (Å²) < 4.78 is 5.13. The minimum absolute atomic E-state index is 0.0258. The Labute approximate surface area is 125 Å². The molecule has 0 aliphatic carbocycles. The van der Waals surface area contributed by atoms with E-state index < -0.39 is 4.92 Å². The Morgan fingerprint density at radius 2 is 2.00 bits per heavy atom. The van der Waals surface area contributed by atoms with Crippen LogP contribution in [0.2, 0.25) is 0 Å². The van der Waals surface area contributed by atoms with Gasteiger partial charge in [0, 0.05) is 25.2 Å². The Morgan fingerprint density at radius 1 is 1.33 bits per heavy atom. The molecule has 1 aromatic carbocycles. The number of nitro groups is 1. The molecule has 0 radical (unpaired) electrons. The fourth-order valence-electron chi connectivity index (χ4n) is 2.52. The lowest BCUT2D eigenvalue weighted by Gasteiger charge is -2.29. The largest absolute Gasteiger partial charge is 0.496 e. The molecule has 0 bridgehead atoms. The molecule has 1 rings (SSSR count). The van der Waals surface area contributed by atoms with E-state index in [-0.39, 0.29) is 12.3 Å². The maximum atomic E-state index is 11.0. The standard InChI is InChI=1S/C15H24N2O4/c1-4-13(5-2)16(6-7-18)11-12-8-14(17(19)20)10-15(9-12)21-3/h8-10,13,18H,4-7,11H2,1-3H3. The Balaban J connectivity index is 3.01. The lowest BCUT2D eigenvalue weighted by atomic mass is 10.1. The van der Waals surface area contributed by atoms with Crippen molar-refractivity contribution in [3.8, 4) is 5.75 Å². The summed E-state index contributed by atoms with van der Waals surface area (Å²) in [4.78, 5) is 12.7. The summed E-state index contributed by atoms with van der Waals surface area (Å²) in [6, 6.07) is 5.13. The molecule has 0 saturated heterocycles. The first-order valence-corrected chi connectivity index (χ1v) is 7.22. The monoisotopic (exact) mass is 296 g/mol. The highest BCUT2D eigenvalue weighted by atomic mass is 16.6. The van der Waals surface area contributed by atoms with Crippen molar-refractivity contribution in [1.29, 1.82) is 0 Å². The summed E-state index contributed by atoms with van der Waals surface area (Å²) in [5.41, 5.74) is 0.847. The normalized spacial score (nSPS) is 11.1. The van der Waals surface area contributed by atoms with Crippen LogP contribution >= 0.6 is 0 Å². The van der Waals surface area contributed by atoms with Gasteiger partial charge < -0.3 is 9.84 Å². The fourth-order valence-corrected chi connectivity index (χ4v) is 2.52. The highest BCUT2D eigenvalue weighted by molar-refractivity contribution is 5.42. The summed E-state index contributed by atoms with van der Waals surface area (Å²) in [5.74, 6) is 0.479. The molecule has 0 unspecified atom stereocenters. The highest BCUT2D eigenvalue weighted by Gasteiger charge is 2.17. The molecule has 1 N–H and O–H groups in total. The van der Waals surface area contributed by atoms with Gasteiger partial charge in [-0.1, -0.05) is 13.8 Å². The van der Waals surface area contributed by atoms with Crippen molar-refractivity contribution >= 4 is 5.69 Å². The molecular formula is C15H24N2O4. The van der Waals surface area contributed by atoms with Crippen molar-refractivity contribution in [3.05, 3.63) is 33.9 Å². The number of ether oxygens (including phenoxy) is 1. The zero-order valence-electron chi connectivity index (χ0n) is 12.9. The van der Waals surface area contributed by atoms with Gasteiger partial charge in [-0.15, -0.1) is 0 Å². The quantitative estimate of drug-likeness (QED) is 0.560. The lowest BCUT2D eigenvalue weighted by Crippen LogP contribution is -2.36. The van der Waals surface area contributed by atoms with Crippen LogP contribution in [-0.2, 0) is 6.54 Å². The molecule has 6 heteroatoms. The van der Waals surface area contributed by atoms with Crippen LogP contribution in [0.5, 0.6) is 5.75 Å². The van der Waals surface area contributed by atoms with Gasteiger partial charge in [-0.2, -0.15) is 0 Å². The average Bonchev–Trinajstić information content (AvgIpc) is 2.48. The molecular weight excluding hydrogens is 272 g/mol. The molecule has 0 saturated carbocycles. The van der Waals surface area contributed by atoms with Crippen LogP contribution in [0.1, 0.15) is 32.3 Å². The van der Waals surface area contributed by atoms with E-state index in [1.807, 2.05) is 0 Å². The van der Waals surface area contributed by atoms with Crippen LogP contribution in [0.3, 0.4) is 0 Å². The number of aliphatic hydroxyl groups is 1. The number of benzene rings is 1. The molecule has 0 spiro atoms. The number of hydrogen-bond donors (Lipinski definition) is 1. The summed E-state index contributed by atoms with van der Waals surface area (Å²) in [5, 5.41) is 20.2. The van der Waals surface area contributed by atoms with Crippen LogP contribution in [0.4, 0.5) is 5.69 Å². The molecule has 6 nitrogen and oxygen atoms in total. The molecule has 21 heavy (non-hydrogen) atoms. The van der Waals surface area contributed by atoms with Gasteiger partial charge in [-0.25, -0.2) is 0 Å². The van der Waals surface area contributed by atoms with Gasteiger partial charge in [0.05, 0.1) is 24.7 Å². The van der Waals surface area contributed by atoms with Crippen LogP contribution in [0, 0.1) is 10.1 Å². The molecule has 0 heterocycles. The summed E-state index contributed by atoms with van der Waals surface area (Å²) in [7, 11) is 1.50. The third kappa shape index (κ3) is 4.99. The molecule has 118 valence electrons. The van der Waals surface area contributed by atoms with Crippen molar-refractivity contribution in [2.75, 3.05) is 20.3 Å². The predicted octanol–water partition coefficient (Wildman–Crippen LogP) is 2.59. The number of aliphatic hydroxyl groups excluding tert-OH is 1. The molecule has 0 aliphatic rings. The fraction of sp³-hybridized carbons (Fsp3) is 0.600. The van der Waals surface area contributed by atoms with E-state index in [9.17, 15) is 15.2 Å². The van der Waals surface area contributed by atoms with E-state index in [4.69, 9.17) is 4.74 Å². The first-order valence-electron chi connectivity index (χ1n) is 7.22. The van der Waals surface area contributed by atoms with Crippen molar-refractivity contribution < 1.29 is 14.8 Å². The second-order valence-corrected chi connectivity index (χ2v) is 4.96. The van der Waals surface area contributed by atoms with Gasteiger partial charge in [0.2, 0.25) is 0 Å². The smallest absolute Gasteiger partial charge is 0.273 e. The number of nitrogens with zero attached hydrogens (tertiary/aromatic N) is 2. The Kier molecular flexibility index (Phi) is 7.11. The van der Waals surface area contributed by atoms with Crippen LogP contribution in [-0.4, -0.2) is 41.2 Å². The zero-order valence-corrected chi connectivity index (χ0v) is 12.9. The van der Waals surface area contributed by atoms with Crippen LogP contribution in [0.25, 0.3) is 0 Å². The minimum atomic E-state index is -0.417. The molecule has 0 amide bonds. The Morgan fingerprint density at radius 3 is 2.48 bits per heavy atom. The summed E-state index contributed by atoms with van der Waals surface area (Å²) >= 11 is 0. The molecule has 1 aromatic rings. The van der Waals surface area contributed by atoms with Crippen molar-refractivity contribution in [3.63, 3.8) is 0 Å². The maximum absolute atomic E-state index is 11.0. The summed E-state index contributed by atoms with van der Waals surface area (Å²) in [6.07, 6.45) is 1.95. The summed E-state index contributed by atoms with van der Waals surface area (Å²) in [6.45, 7) is 5.39. The average molecular weight is 296 g/mol. The number of methoxy groups -OCH3 is 1. The third-order valence-electron chi connectivity index (χ3n) is 3.63. The van der Waals surface area contributed by atoms with E-state index in [1.54, 1.807) is 12.1 Å². The number of hydrogen-bond acceptors (Lipinski definition) is 5. The first-order chi connectivity index (χ1) is 10.0. The Hall–Kier alpha value is -1.66. The third-order valence-corrected chi connectivity index (χ3v) is 3.63. The van der Waals surface area contributed by atoms with Crippen molar-refractivity contribution in [1.82, 2.24) is 4.90 Å². The van der Waals surface area contributed by atoms with Gasteiger partial charge >= 0.3 is 0 Å². The molecule has 0 fully saturated rings. The minimum Gasteiger partial charge on any atom is -0.496 e. The van der Waals surface area contributed by atoms with Gasteiger partial charge in [0.25, 0.3) is 5.69 Å². The second kappa shape index (κ2) is 8.59. The van der Waals surface area contributed by atoms with Gasteiger partial charge in [-0.05, 0) is 24.5 Å². The predicted molar refractivity (Wildman–Crippen MR) is 81.5 cm³/mol. The topological polar surface area (TPSA) is 75.8 Å². The van der Waals surface area contributed by atoms with E-state index in [0.29, 0.717) is 24.9 Å². The van der Waals surface area contributed by atoms with E-state index in [0.717, 1.165) is 18.4 Å². The van der Waals surface area contributed by atoms with Gasteiger partial charge in [-0.3, -0.25) is 15.0 Å². The van der Waals surface area contributed by atoms with Crippen LogP contribution < -0.4 is 4.74 Å². The van der Waals surface area contributed by atoms with Crippen molar-refractivity contribution in [2.45, 2.75) is 39.3 Å². The Bertz CT molecular complexity index is 461. The second-order valence-electron chi connectivity index (χ2n) is 4.96. The van der Waals surface area contributed by atoms with Crippen molar-refractivity contribution in [2.24, 2.45) is 0 Å². The SMILES string of the molecule is CCC(CC)N(CCO)Cc1cc(OC)cc([N+](=O)[O-])c1. The van der Waals surface area contributed by atoms with Gasteiger partial charge in [0.1, 0.15) is 5.75 Å². The van der Waals surface area contributed by atoms with E-state index >= 15 is 0 Å². The number of nitro benzene ring substituents is 1. The highest BCUT2D eigenvalue weighted by Crippen LogP contribution is 2.24. The van der Waals surface area contributed by atoms with Crippen LogP contribution in [0.15, 0.2) is 18.2 Å². The first kappa shape index (κ1) is 17.4. The molecule has 0 aromatic heterocycles. The van der Waals surface area contributed by atoms with E-state index in [2.05, 4.69) is 18.7 Å². The number of non-ortho nitro benzene ring substituents is 1. The zero-order chi connectivity index (χ0) is 15.8. The van der Waals surface area contributed by atoms with E-state index in [1.165, 1.54) is 13.2 Å². The number of rotatable bonds is 9. The molecule has 0 atom stereocenters. The lowest BCUT2D eigenvalue weighted by molar-refractivity contribution is -0.385. The van der Waals surface area contributed by atoms with Gasteiger partial charge in [0.15, 0.2) is 0 Å². The maximum Gasteiger partial charge on any atom is 0.273 e. The molecule has 0 aliphatic heterocycles.